The smallest absolute Gasteiger partial charge is 0.0781 e. The van der Waals surface area contributed by atoms with Gasteiger partial charge in [0.05, 0.1) is 52.4 Å². The van der Waals surface area contributed by atoms with E-state index in [0.29, 0.717) is 59.3 Å². The molecule has 0 aromatic carbocycles. The van der Waals surface area contributed by atoms with Crippen molar-refractivity contribution in [3.63, 3.8) is 0 Å². The minimum absolute atomic E-state index is 0.0611. The third kappa shape index (κ3) is 13.7. The summed E-state index contributed by atoms with van der Waals surface area (Å²) < 4.78 is 21.2. The van der Waals surface area contributed by atoms with E-state index in [0.717, 1.165) is 0 Å². The second kappa shape index (κ2) is 13.8. The molecular formula is C11H26N2O4. The molecule has 6 heteroatoms. The molecule has 0 amide bonds. The van der Waals surface area contributed by atoms with Gasteiger partial charge in [-0.05, 0) is 6.92 Å². The van der Waals surface area contributed by atoms with Crippen molar-refractivity contribution in [1.29, 1.82) is 0 Å². The van der Waals surface area contributed by atoms with E-state index in [1.54, 1.807) is 0 Å². The van der Waals surface area contributed by atoms with Crippen molar-refractivity contribution in [3.8, 4) is 0 Å². The lowest BCUT2D eigenvalue weighted by molar-refractivity contribution is -0.0387. The molecule has 0 heterocycles. The predicted molar refractivity (Wildman–Crippen MR) is 66.0 cm³/mol. The Bertz CT molecular complexity index is 149. The first-order chi connectivity index (χ1) is 8.31. The summed E-state index contributed by atoms with van der Waals surface area (Å²) in [6.07, 6.45) is 0.0611. The van der Waals surface area contributed by atoms with E-state index in [1.807, 2.05) is 6.92 Å². The molecule has 0 bridgehead atoms. The minimum Gasteiger partial charge on any atom is -0.378 e. The van der Waals surface area contributed by atoms with Gasteiger partial charge in [-0.15, -0.1) is 0 Å². The number of ether oxygens (including phenoxy) is 4. The lowest BCUT2D eigenvalue weighted by Gasteiger charge is -2.13. The van der Waals surface area contributed by atoms with Crippen LogP contribution in [0.3, 0.4) is 0 Å². The zero-order valence-electron chi connectivity index (χ0n) is 10.7. The van der Waals surface area contributed by atoms with Gasteiger partial charge in [-0.25, -0.2) is 0 Å². The average molecular weight is 250 g/mol. The van der Waals surface area contributed by atoms with E-state index in [9.17, 15) is 0 Å². The van der Waals surface area contributed by atoms with Crippen LogP contribution in [0.5, 0.6) is 0 Å². The van der Waals surface area contributed by atoms with Gasteiger partial charge in [0.1, 0.15) is 0 Å². The fourth-order valence-electron chi connectivity index (χ4n) is 1.09. The van der Waals surface area contributed by atoms with Crippen LogP contribution in [-0.2, 0) is 18.9 Å². The van der Waals surface area contributed by atoms with E-state index < -0.39 is 0 Å². The summed E-state index contributed by atoms with van der Waals surface area (Å²) in [6.45, 7) is 7.03. The highest BCUT2D eigenvalue weighted by molar-refractivity contribution is 4.47. The van der Waals surface area contributed by atoms with Crippen molar-refractivity contribution in [2.75, 3.05) is 59.3 Å². The number of hydrogen-bond acceptors (Lipinski definition) is 6. The molecule has 104 valence electrons. The van der Waals surface area contributed by atoms with Gasteiger partial charge in [0, 0.05) is 13.1 Å². The zero-order valence-corrected chi connectivity index (χ0v) is 10.7. The predicted octanol–water partition coefficient (Wildman–Crippen LogP) is -0.641. The zero-order chi connectivity index (χ0) is 12.8. The van der Waals surface area contributed by atoms with E-state index in [1.165, 1.54) is 0 Å². The van der Waals surface area contributed by atoms with Crippen LogP contribution in [-0.4, -0.2) is 65.4 Å². The maximum absolute atomic E-state index is 5.46. The van der Waals surface area contributed by atoms with Crippen LogP contribution in [0.1, 0.15) is 6.92 Å². The van der Waals surface area contributed by atoms with Crippen LogP contribution in [0.2, 0.25) is 0 Å². The normalized spacial score (nSPS) is 12.9. The first-order valence-corrected chi connectivity index (χ1v) is 6.06. The molecule has 0 aliphatic carbocycles. The molecule has 4 N–H and O–H groups in total. The molecule has 0 aliphatic rings. The van der Waals surface area contributed by atoms with E-state index >= 15 is 0 Å². The molecule has 6 nitrogen and oxygen atoms in total. The summed E-state index contributed by atoms with van der Waals surface area (Å²) in [5, 5.41) is 0. The van der Waals surface area contributed by atoms with E-state index in [2.05, 4.69) is 0 Å². The van der Waals surface area contributed by atoms with Crippen LogP contribution >= 0.6 is 0 Å². The number of nitrogens with two attached hydrogens (primary N) is 2. The van der Waals surface area contributed by atoms with Crippen molar-refractivity contribution in [2.45, 2.75) is 13.0 Å². The summed E-state index contributed by atoms with van der Waals surface area (Å²) in [5.41, 5.74) is 10.6. The second-order valence-corrected chi connectivity index (χ2v) is 3.56. The van der Waals surface area contributed by atoms with E-state index in [-0.39, 0.29) is 6.10 Å². The van der Waals surface area contributed by atoms with Crippen LogP contribution in [0, 0.1) is 0 Å². The molecular weight excluding hydrogens is 224 g/mol. The van der Waals surface area contributed by atoms with Gasteiger partial charge in [-0.2, -0.15) is 0 Å². The van der Waals surface area contributed by atoms with Crippen molar-refractivity contribution >= 4 is 0 Å². The number of rotatable bonds is 13. The summed E-state index contributed by atoms with van der Waals surface area (Å²) in [5.74, 6) is 0. The second-order valence-electron chi connectivity index (χ2n) is 3.56. The van der Waals surface area contributed by atoms with Crippen molar-refractivity contribution in [2.24, 2.45) is 11.5 Å². The summed E-state index contributed by atoms with van der Waals surface area (Å²) in [6, 6.07) is 0. The van der Waals surface area contributed by atoms with Gasteiger partial charge in [0.25, 0.3) is 0 Å². The van der Waals surface area contributed by atoms with Gasteiger partial charge >= 0.3 is 0 Å². The topological polar surface area (TPSA) is 89.0 Å². The van der Waals surface area contributed by atoms with Crippen molar-refractivity contribution in [1.82, 2.24) is 0 Å². The maximum atomic E-state index is 5.46. The van der Waals surface area contributed by atoms with Gasteiger partial charge in [-0.1, -0.05) is 0 Å². The van der Waals surface area contributed by atoms with Crippen molar-refractivity contribution in [3.05, 3.63) is 0 Å². The third-order valence-electron chi connectivity index (χ3n) is 1.88. The largest absolute Gasteiger partial charge is 0.378 e. The lowest BCUT2D eigenvalue weighted by Crippen LogP contribution is -2.21. The van der Waals surface area contributed by atoms with Crippen LogP contribution < -0.4 is 11.5 Å². The first kappa shape index (κ1) is 16.8. The molecule has 0 aromatic rings. The van der Waals surface area contributed by atoms with E-state index in [4.69, 9.17) is 30.4 Å². The Morgan fingerprint density at radius 1 is 0.765 bits per heavy atom. The SMILES string of the molecule is CC(COCCOCCN)OCCOCCN. The molecule has 0 rings (SSSR count). The fourth-order valence-corrected chi connectivity index (χ4v) is 1.09. The highest BCUT2D eigenvalue weighted by Crippen LogP contribution is 1.92. The Labute approximate surface area is 104 Å². The lowest BCUT2D eigenvalue weighted by atomic mass is 10.4. The standard InChI is InChI=1S/C11H26N2O4/c1-11(17-9-8-15-5-3-13)10-16-7-6-14-4-2-12/h11H,2-10,12-13H2,1H3. The highest BCUT2D eigenvalue weighted by Gasteiger charge is 2.01. The van der Waals surface area contributed by atoms with Gasteiger partial charge in [0.2, 0.25) is 0 Å². The highest BCUT2D eigenvalue weighted by atomic mass is 16.6. The Kier molecular flexibility index (Phi) is 13.6. The molecule has 1 atom stereocenters. The summed E-state index contributed by atoms with van der Waals surface area (Å²) >= 11 is 0. The molecule has 0 fully saturated rings. The molecule has 0 radical (unpaired) electrons. The van der Waals surface area contributed by atoms with Gasteiger partial charge in [-0.3, -0.25) is 0 Å². The summed E-state index contributed by atoms with van der Waals surface area (Å²) in [7, 11) is 0. The molecule has 0 saturated heterocycles. The quantitative estimate of drug-likeness (QED) is 0.423. The van der Waals surface area contributed by atoms with Crippen LogP contribution in [0.25, 0.3) is 0 Å². The van der Waals surface area contributed by atoms with Gasteiger partial charge < -0.3 is 30.4 Å². The Morgan fingerprint density at radius 2 is 1.29 bits per heavy atom. The van der Waals surface area contributed by atoms with Crippen LogP contribution in [0.15, 0.2) is 0 Å². The monoisotopic (exact) mass is 250 g/mol. The molecule has 0 spiro atoms. The van der Waals surface area contributed by atoms with Crippen LogP contribution in [0.4, 0.5) is 0 Å². The Morgan fingerprint density at radius 3 is 1.88 bits per heavy atom. The third-order valence-corrected chi connectivity index (χ3v) is 1.88. The molecule has 0 saturated carbocycles. The Balaban J connectivity index is 3.09. The molecule has 17 heavy (non-hydrogen) atoms. The molecule has 0 aromatic heterocycles. The first-order valence-electron chi connectivity index (χ1n) is 6.06. The maximum Gasteiger partial charge on any atom is 0.0781 e. The average Bonchev–Trinajstić information content (AvgIpc) is 2.33. The number of hydrogen-bond donors (Lipinski definition) is 2. The molecule has 0 aliphatic heterocycles. The fraction of sp³-hybridized carbons (Fsp3) is 1.00. The minimum atomic E-state index is 0.0611. The van der Waals surface area contributed by atoms with Crippen molar-refractivity contribution < 1.29 is 18.9 Å². The van der Waals surface area contributed by atoms with Gasteiger partial charge in [0.15, 0.2) is 0 Å². The summed E-state index contributed by atoms with van der Waals surface area (Å²) in [4.78, 5) is 0. The Hall–Kier alpha value is -0.240. The molecule has 1 unspecified atom stereocenters.